The molecule has 5 heteroatoms. The van der Waals surface area contributed by atoms with Crippen molar-refractivity contribution in [1.29, 1.82) is 0 Å². The second kappa shape index (κ2) is 5.49. The Morgan fingerprint density at radius 1 is 1.29 bits per heavy atom. The number of nitrogens with zero attached hydrogens (tertiary/aromatic N) is 1. The van der Waals surface area contributed by atoms with Crippen LogP contribution in [0.1, 0.15) is 40.0 Å². The van der Waals surface area contributed by atoms with Gasteiger partial charge in [0.1, 0.15) is 0 Å². The van der Waals surface area contributed by atoms with Gasteiger partial charge in [-0.3, -0.25) is 9.59 Å². The van der Waals surface area contributed by atoms with Gasteiger partial charge in [0, 0.05) is 19.0 Å². The van der Waals surface area contributed by atoms with E-state index < -0.39 is 0 Å². The second-order valence-corrected chi connectivity index (χ2v) is 5.81. The molecule has 0 aromatic carbocycles. The molecule has 0 bridgehead atoms. The number of piperidine rings is 1. The lowest BCUT2D eigenvalue weighted by Crippen LogP contribution is -2.40. The standard InChI is InChI=1S/C12H22N2O3/c1-12(2,3)8-10(15)17-14-6-4-9(5-7-14)11(13)16/h9H,4-8H2,1-3H3,(H2,13,16). The summed E-state index contributed by atoms with van der Waals surface area (Å²) in [4.78, 5) is 27.8. The Morgan fingerprint density at radius 2 is 1.82 bits per heavy atom. The third-order valence-corrected chi connectivity index (χ3v) is 2.76. The topological polar surface area (TPSA) is 72.6 Å². The first kappa shape index (κ1) is 14.0. The van der Waals surface area contributed by atoms with Gasteiger partial charge in [0.15, 0.2) is 0 Å². The molecule has 0 aromatic rings. The highest BCUT2D eigenvalue weighted by molar-refractivity contribution is 5.76. The van der Waals surface area contributed by atoms with Crippen molar-refractivity contribution in [2.45, 2.75) is 40.0 Å². The van der Waals surface area contributed by atoms with Gasteiger partial charge in [-0.1, -0.05) is 20.8 Å². The smallest absolute Gasteiger partial charge is 0.325 e. The van der Waals surface area contributed by atoms with Gasteiger partial charge in [-0.15, -0.1) is 5.06 Å². The van der Waals surface area contributed by atoms with E-state index in [1.165, 1.54) is 0 Å². The molecule has 1 heterocycles. The van der Waals surface area contributed by atoms with Gasteiger partial charge in [0.2, 0.25) is 5.91 Å². The fraction of sp³-hybridized carbons (Fsp3) is 0.833. The Kier molecular flexibility index (Phi) is 4.51. The minimum atomic E-state index is -0.259. The van der Waals surface area contributed by atoms with Crippen LogP contribution in [0.15, 0.2) is 0 Å². The maximum absolute atomic E-state index is 11.6. The highest BCUT2D eigenvalue weighted by Gasteiger charge is 2.26. The van der Waals surface area contributed by atoms with E-state index in [-0.39, 0.29) is 23.2 Å². The van der Waals surface area contributed by atoms with E-state index >= 15 is 0 Å². The molecule has 1 aliphatic rings. The van der Waals surface area contributed by atoms with Crippen LogP contribution in [0, 0.1) is 11.3 Å². The lowest BCUT2D eigenvalue weighted by atomic mass is 9.93. The van der Waals surface area contributed by atoms with Crippen molar-refractivity contribution in [2.75, 3.05) is 13.1 Å². The summed E-state index contributed by atoms with van der Waals surface area (Å²) in [5.41, 5.74) is 5.17. The first-order chi connectivity index (χ1) is 7.78. The molecule has 0 spiro atoms. The van der Waals surface area contributed by atoms with Crippen LogP contribution in [0.3, 0.4) is 0 Å². The zero-order chi connectivity index (χ0) is 13.1. The van der Waals surface area contributed by atoms with Crippen LogP contribution in [-0.4, -0.2) is 30.0 Å². The van der Waals surface area contributed by atoms with Crippen LogP contribution in [-0.2, 0) is 14.4 Å². The Balaban J connectivity index is 2.31. The molecule has 2 N–H and O–H groups in total. The monoisotopic (exact) mass is 242 g/mol. The van der Waals surface area contributed by atoms with E-state index in [0.29, 0.717) is 32.4 Å². The van der Waals surface area contributed by atoms with Crippen molar-refractivity contribution >= 4 is 11.9 Å². The number of amides is 1. The van der Waals surface area contributed by atoms with E-state index in [9.17, 15) is 9.59 Å². The number of carbonyl (C=O) groups excluding carboxylic acids is 2. The Morgan fingerprint density at radius 3 is 2.24 bits per heavy atom. The molecule has 0 aromatic heterocycles. The summed E-state index contributed by atoms with van der Waals surface area (Å²) in [5, 5.41) is 1.63. The summed E-state index contributed by atoms with van der Waals surface area (Å²) in [5.74, 6) is -0.548. The Hall–Kier alpha value is -1.10. The zero-order valence-electron chi connectivity index (χ0n) is 10.9. The molecule has 5 nitrogen and oxygen atoms in total. The van der Waals surface area contributed by atoms with E-state index in [0.717, 1.165) is 0 Å². The van der Waals surface area contributed by atoms with Crippen molar-refractivity contribution in [3.63, 3.8) is 0 Å². The molecule has 17 heavy (non-hydrogen) atoms. The second-order valence-electron chi connectivity index (χ2n) is 5.81. The highest BCUT2D eigenvalue weighted by atomic mass is 16.7. The molecule has 1 saturated heterocycles. The quantitative estimate of drug-likeness (QED) is 0.803. The SMILES string of the molecule is CC(C)(C)CC(=O)ON1CCC(C(N)=O)CC1. The molecule has 1 amide bonds. The number of hydroxylamine groups is 2. The van der Waals surface area contributed by atoms with Crippen molar-refractivity contribution in [3.05, 3.63) is 0 Å². The maximum atomic E-state index is 11.6. The average molecular weight is 242 g/mol. The summed E-state index contributed by atoms with van der Waals surface area (Å²) in [6.45, 7) is 7.15. The van der Waals surface area contributed by atoms with Crippen molar-refractivity contribution in [1.82, 2.24) is 5.06 Å². The van der Waals surface area contributed by atoms with Gasteiger partial charge in [-0.25, -0.2) is 0 Å². The van der Waals surface area contributed by atoms with Gasteiger partial charge in [-0.05, 0) is 18.3 Å². The van der Waals surface area contributed by atoms with Gasteiger partial charge in [-0.2, -0.15) is 0 Å². The molecule has 0 unspecified atom stereocenters. The predicted molar refractivity (Wildman–Crippen MR) is 63.7 cm³/mol. The molecule has 0 radical (unpaired) electrons. The number of nitrogens with two attached hydrogens (primary N) is 1. The highest BCUT2D eigenvalue weighted by Crippen LogP contribution is 2.21. The van der Waals surface area contributed by atoms with Crippen LogP contribution in [0.5, 0.6) is 0 Å². The van der Waals surface area contributed by atoms with Gasteiger partial charge < -0.3 is 10.6 Å². The first-order valence-electron chi connectivity index (χ1n) is 6.03. The lowest BCUT2D eigenvalue weighted by molar-refractivity contribution is -0.198. The summed E-state index contributed by atoms with van der Waals surface area (Å²) < 4.78 is 0. The Labute approximate surface area is 102 Å². The molecule has 1 fully saturated rings. The molecule has 1 rings (SSSR count). The van der Waals surface area contributed by atoms with Crippen molar-refractivity contribution in [2.24, 2.45) is 17.1 Å². The van der Waals surface area contributed by atoms with Gasteiger partial charge in [0.25, 0.3) is 0 Å². The lowest BCUT2D eigenvalue weighted by Gasteiger charge is -2.29. The van der Waals surface area contributed by atoms with Crippen LogP contribution in [0.4, 0.5) is 0 Å². The largest absolute Gasteiger partial charge is 0.369 e. The zero-order valence-corrected chi connectivity index (χ0v) is 10.9. The van der Waals surface area contributed by atoms with Crippen LogP contribution >= 0.6 is 0 Å². The molecular weight excluding hydrogens is 220 g/mol. The average Bonchev–Trinajstić information content (AvgIpc) is 2.15. The molecule has 0 atom stereocenters. The number of hydrogen-bond acceptors (Lipinski definition) is 4. The molecule has 0 saturated carbocycles. The third-order valence-electron chi connectivity index (χ3n) is 2.76. The normalized spacial score (nSPS) is 19.0. The first-order valence-corrected chi connectivity index (χ1v) is 6.03. The summed E-state index contributed by atoms with van der Waals surface area (Å²) >= 11 is 0. The van der Waals surface area contributed by atoms with Crippen molar-refractivity contribution in [3.8, 4) is 0 Å². The molecular formula is C12H22N2O3. The summed E-state index contributed by atoms with van der Waals surface area (Å²) in [6, 6.07) is 0. The predicted octanol–water partition coefficient (Wildman–Crippen LogP) is 1.08. The number of primary amides is 1. The fourth-order valence-electron chi connectivity index (χ4n) is 1.84. The molecule has 1 aliphatic heterocycles. The maximum Gasteiger partial charge on any atom is 0.325 e. The number of rotatable bonds is 3. The van der Waals surface area contributed by atoms with Crippen LogP contribution < -0.4 is 5.73 Å². The molecule has 0 aliphatic carbocycles. The summed E-state index contributed by atoms with van der Waals surface area (Å²) in [6.07, 6.45) is 1.72. The minimum absolute atomic E-state index is 0.0668. The van der Waals surface area contributed by atoms with E-state index in [2.05, 4.69) is 0 Å². The van der Waals surface area contributed by atoms with Gasteiger partial charge >= 0.3 is 5.97 Å². The van der Waals surface area contributed by atoms with E-state index in [1.54, 1.807) is 5.06 Å². The van der Waals surface area contributed by atoms with E-state index in [1.807, 2.05) is 20.8 Å². The third kappa shape index (κ3) is 5.17. The number of hydrogen-bond donors (Lipinski definition) is 1. The van der Waals surface area contributed by atoms with Gasteiger partial charge in [0.05, 0.1) is 6.42 Å². The van der Waals surface area contributed by atoms with E-state index in [4.69, 9.17) is 10.6 Å². The van der Waals surface area contributed by atoms with Crippen LogP contribution in [0.2, 0.25) is 0 Å². The number of carbonyl (C=O) groups is 2. The summed E-state index contributed by atoms with van der Waals surface area (Å²) in [7, 11) is 0. The van der Waals surface area contributed by atoms with Crippen molar-refractivity contribution < 1.29 is 14.4 Å². The van der Waals surface area contributed by atoms with Crippen LogP contribution in [0.25, 0.3) is 0 Å². The Bertz CT molecular complexity index is 289. The molecule has 98 valence electrons. The fourth-order valence-corrected chi connectivity index (χ4v) is 1.84. The minimum Gasteiger partial charge on any atom is -0.369 e.